The van der Waals surface area contributed by atoms with E-state index in [2.05, 4.69) is 10.6 Å². The maximum absolute atomic E-state index is 12.0. The Balaban J connectivity index is 1.55. The van der Waals surface area contributed by atoms with Crippen molar-refractivity contribution in [1.82, 2.24) is 15.5 Å². The molecule has 6 heteroatoms. The lowest BCUT2D eigenvalue weighted by atomic mass is 9.96. The molecule has 5 nitrogen and oxygen atoms in total. The van der Waals surface area contributed by atoms with Crippen molar-refractivity contribution in [1.29, 1.82) is 0 Å². The van der Waals surface area contributed by atoms with E-state index in [1.165, 1.54) is 24.1 Å². The monoisotopic (exact) mass is 337 g/mol. The van der Waals surface area contributed by atoms with Gasteiger partial charge in [0, 0.05) is 30.9 Å². The number of thiophene rings is 1. The third-order valence-electron chi connectivity index (χ3n) is 4.19. The maximum Gasteiger partial charge on any atom is 0.315 e. The van der Waals surface area contributed by atoms with Crippen LogP contribution in [0.15, 0.2) is 17.5 Å². The van der Waals surface area contributed by atoms with Gasteiger partial charge in [-0.2, -0.15) is 0 Å². The molecule has 1 aliphatic carbocycles. The zero-order valence-corrected chi connectivity index (χ0v) is 14.7. The first-order valence-corrected chi connectivity index (χ1v) is 9.34. The van der Waals surface area contributed by atoms with Crippen molar-refractivity contribution in [3.05, 3.63) is 22.4 Å². The standard InChI is InChI=1S/C17H27N3O2S/c1-20(13-15-9-6-12-23-15)16(21)10-5-11-18-17(22)19-14-7-3-2-4-8-14/h6,9,12,14H,2-5,7-8,10-11,13H2,1H3,(H2,18,19,22). The van der Waals surface area contributed by atoms with Gasteiger partial charge in [0.05, 0.1) is 6.54 Å². The van der Waals surface area contributed by atoms with E-state index in [0.29, 0.717) is 32.0 Å². The van der Waals surface area contributed by atoms with Crippen molar-refractivity contribution in [2.45, 2.75) is 57.5 Å². The van der Waals surface area contributed by atoms with Gasteiger partial charge in [-0.05, 0) is 30.7 Å². The second-order valence-corrected chi connectivity index (χ2v) is 7.20. The average Bonchev–Trinajstić information content (AvgIpc) is 3.05. The molecule has 0 unspecified atom stereocenters. The summed E-state index contributed by atoms with van der Waals surface area (Å²) in [5, 5.41) is 7.88. The van der Waals surface area contributed by atoms with Crippen molar-refractivity contribution in [2.24, 2.45) is 0 Å². The van der Waals surface area contributed by atoms with E-state index < -0.39 is 0 Å². The molecule has 0 aliphatic heterocycles. The number of rotatable bonds is 7. The van der Waals surface area contributed by atoms with E-state index in [1.807, 2.05) is 24.6 Å². The topological polar surface area (TPSA) is 61.4 Å². The Morgan fingerprint density at radius 3 is 2.78 bits per heavy atom. The van der Waals surface area contributed by atoms with Gasteiger partial charge in [-0.25, -0.2) is 4.79 Å². The van der Waals surface area contributed by atoms with Crippen LogP contribution in [-0.4, -0.2) is 36.5 Å². The van der Waals surface area contributed by atoms with Crippen LogP contribution in [0.5, 0.6) is 0 Å². The molecule has 2 N–H and O–H groups in total. The highest BCUT2D eigenvalue weighted by molar-refractivity contribution is 7.09. The quantitative estimate of drug-likeness (QED) is 0.751. The Hall–Kier alpha value is -1.56. The van der Waals surface area contributed by atoms with E-state index in [-0.39, 0.29) is 11.9 Å². The highest BCUT2D eigenvalue weighted by Crippen LogP contribution is 2.17. The SMILES string of the molecule is CN(Cc1cccs1)C(=O)CCCNC(=O)NC1CCCCC1. The number of carbonyl (C=O) groups is 2. The van der Waals surface area contributed by atoms with Gasteiger partial charge in [-0.3, -0.25) is 4.79 Å². The number of carbonyl (C=O) groups excluding carboxylic acids is 2. The summed E-state index contributed by atoms with van der Waals surface area (Å²) in [6.45, 7) is 1.20. The minimum Gasteiger partial charge on any atom is -0.341 e. The Morgan fingerprint density at radius 1 is 1.30 bits per heavy atom. The molecular weight excluding hydrogens is 310 g/mol. The molecule has 2 rings (SSSR count). The van der Waals surface area contributed by atoms with Crippen LogP contribution >= 0.6 is 11.3 Å². The third-order valence-corrected chi connectivity index (χ3v) is 5.05. The van der Waals surface area contributed by atoms with Crippen molar-refractivity contribution in [3.8, 4) is 0 Å². The van der Waals surface area contributed by atoms with E-state index in [4.69, 9.17) is 0 Å². The molecular formula is C17H27N3O2S. The molecule has 0 saturated heterocycles. The molecule has 128 valence electrons. The first-order valence-electron chi connectivity index (χ1n) is 8.46. The second-order valence-electron chi connectivity index (χ2n) is 6.17. The summed E-state index contributed by atoms with van der Waals surface area (Å²) in [4.78, 5) is 26.7. The van der Waals surface area contributed by atoms with Gasteiger partial charge < -0.3 is 15.5 Å². The fourth-order valence-corrected chi connectivity index (χ4v) is 3.60. The van der Waals surface area contributed by atoms with E-state index in [0.717, 1.165) is 12.8 Å². The average molecular weight is 337 g/mol. The van der Waals surface area contributed by atoms with Gasteiger partial charge in [0.25, 0.3) is 0 Å². The zero-order chi connectivity index (χ0) is 16.5. The Morgan fingerprint density at radius 2 is 2.09 bits per heavy atom. The van der Waals surface area contributed by atoms with Gasteiger partial charge in [0.15, 0.2) is 0 Å². The van der Waals surface area contributed by atoms with Crippen molar-refractivity contribution in [3.63, 3.8) is 0 Å². The molecule has 23 heavy (non-hydrogen) atoms. The molecule has 1 aliphatic rings. The predicted molar refractivity (Wildman–Crippen MR) is 93.4 cm³/mol. The van der Waals surface area contributed by atoms with Crippen LogP contribution in [0.1, 0.15) is 49.8 Å². The van der Waals surface area contributed by atoms with Gasteiger partial charge in [0.2, 0.25) is 5.91 Å². The molecule has 1 heterocycles. The summed E-state index contributed by atoms with van der Waals surface area (Å²) in [5.41, 5.74) is 0. The van der Waals surface area contributed by atoms with Crippen molar-refractivity contribution in [2.75, 3.05) is 13.6 Å². The summed E-state index contributed by atoms with van der Waals surface area (Å²) in [6, 6.07) is 4.25. The van der Waals surface area contributed by atoms with Crippen LogP contribution in [0.2, 0.25) is 0 Å². The highest BCUT2D eigenvalue weighted by Gasteiger charge is 2.15. The molecule has 1 fully saturated rings. The Labute approximate surface area is 142 Å². The summed E-state index contributed by atoms with van der Waals surface area (Å²) >= 11 is 1.66. The molecule has 0 atom stereocenters. The van der Waals surface area contributed by atoms with Crippen LogP contribution < -0.4 is 10.6 Å². The van der Waals surface area contributed by atoms with E-state index in [1.54, 1.807) is 16.2 Å². The number of amides is 3. The molecule has 0 radical (unpaired) electrons. The van der Waals surface area contributed by atoms with E-state index in [9.17, 15) is 9.59 Å². The van der Waals surface area contributed by atoms with Crippen LogP contribution in [0, 0.1) is 0 Å². The summed E-state index contributed by atoms with van der Waals surface area (Å²) in [7, 11) is 1.82. The van der Waals surface area contributed by atoms with Gasteiger partial charge in [-0.1, -0.05) is 25.3 Å². The van der Waals surface area contributed by atoms with Crippen LogP contribution in [0.4, 0.5) is 4.79 Å². The van der Waals surface area contributed by atoms with Gasteiger partial charge in [0.1, 0.15) is 0 Å². The predicted octanol–water partition coefficient (Wildman–Crippen LogP) is 3.12. The molecule has 0 aromatic carbocycles. The smallest absolute Gasteiger partial charge is 0.315 e. The first kappa shape index (κ1) is 17.8. The Kier molecular flexibility index (Phi) is 7.39. The van der Waals surface area contributed by atoms with Crippen LogP contribution in [0.3, 0.4) is 0 Å². The fraction of sp³-hybridized carbons (Fsp3) is 0.647. The maximum atomic E-state index is 12.0. The molecule has 3 amide bonds. The largest absolute Gasteiger partial charge is 0.341 e. The normalized spacial score (nSPS) is 15.2. The molecule has 1 saturated carbocycles. The zero-order valence-electron chi connectivity index (χ0n) is 13.8. The lowest BCUT2D eigenvalue weighted by molar-refractivity contribution is -0.130. The van der Waals surface area contributed by atoms with Crippen LogP contribution in [0.25, 0.3) is 0 Å². The van der Waals surface area contributed by atoms with Gasteiger partial charge >= 0.3 is 6.03 Å². The van der Waals surface area contributed by atoms with Crippen molar-refractivity contribution >= 4 is 23.3 Å². The van der Waals surface area contributed by atoms with Crippen molar-refractivity contribution < 1.29 is 9.59 Å². The lowest BCUT2D eigenvalue weighted by Crippen LogP contribution is -2.43. The Bertz CT molecular complexity index is 484. The highest BCUT2D eigenvalue weighted by atomic mass is 32.1. The second kappa shape index (κ2) is 9.55. The lowest BCUT2D eigenvalue weighted by Gasteiger charge is -2.22. The number of hydrogen-bond acceptors (Lipinski definition) is 3. The van der Waals surface area contributed by atoms with Gasteiger partial charge in [-0.15, -0.1) is 11.3 Å². The molecule has 1 aromatic heterocycles. The summed E-state index contributed by atoms with van der Waals surface area (Å²) in [5.74, 6) is 0.118. The number of nitrogens with one attached hydrogen (secondary N) is 2. The number of nitrogens with zero attached hydrogens (tertiary/aromatic N) is 1. The number of urea groups is 1. The minimum absolute atomic E-state index is 0.101. The summed E-state index contributed by atoms with van der Waals surface area (Å²) < 4.78 is 0. The number of hydrogen-bond donors (Lipinski definition) is 2. The van der Waals surface area contributed by atoms with Crippen LogP contribution in [-0.2, 0) is 11.3 Å². The first-order chi connectivity index (χ1) is 11.1. The third kappa shape index (κ3) is 6.60. The fourth-order valence-electron chi connectivity index (χ4n) is 2.84. The van der Waals surface area contributed by atoms with E-state index >= 15 is 0 Å². The molecule has 0 bridgehead atoms. The minimum atomic E-state index is -0.101. The summed E-state index contributed by atoms with van der Waals surface area (Å²) in [6.07, 6.45) is 6.99. The molecule has 1 aromatic rings. The molecule has 0 spiro atoms.